The molecule has 2 heterocycles. The molecule has 254 valence electrons. The standard InChI is InChI=1S/C31H42F3N5O6S/c1-17(2)24(39(5)27(41)10-9-20-7-8-20)13-25(45-19(4)40)29-38-23(16-46-29)28(42)37-22(11-18(3)30(43)44-6)12-26-35-14-21(15-36-26)31(32,33)34/h14-18,20,22,24-25H,7-13H2,1-6H3,(H,37,42)/t18-,22+,24?,25+/m0/s1. The number of rotatable bonds is 16. The van der Waals surface area contributed by atoms with Gasteiger partial charge in [-0.15, -0.1) is 11.3 Å². The van der Waals surface area contributed by atoms with Crippen LogP contribution in [0, 0.1) is 17.8 Å². The van der Waals surface area contributed by atoms with E-state index in [0.717, 1.165) is 30.6 Å². The van der Waals surface area contributed by atoms with Crippen LogP contribution in [0.1, 0.15) is 99.2 Å². The minimum absolute atomic E-state index is 0.0237. The van der Waals surface area contributed by atoms with Crippen molar-refractivity contribution in [2.24, 2.45) is 17.8 Å². The second-order valence-electron chi connectivity index (χ2n) is 12.1. The number of hydrogen-bond acceptors (Lipinski definition) is 10. The lowest BCUT2D eigenvalue weighted by Gasteiger charge is -2.33. The van der Waals surface area contributed by atoms with Crippen LogP contribution in [0.25, 0.3) is 0 Å². The minimum Gasteiger partial charge on any atom is -0.469 e. The Labute approximate surface area is 270 Å². The second kappa shape index (κ2) is 16.3. The number of carbonyl (C=O) groups excluding carboxylic acids is 4. The number of esters is 2. The molecule has 0 radical (unpaired) electrons. The van der Waals surface area contributed by atoms with Crippen LogP contribution in [0.3, 0.4) is 0 Å². The molecule has 1 N–H and O–H groups in total. The van der Waals surface area contributed by atoms with Gasteiger partial charge in [0.1, 0.15) is 16.5 Å². The number of aromatic nitrogens is 3. The Morgan fingerprint density at radius 3 is 2.30 bits per heavy atom. The van der Waals surface area contributed by atoms with E-state index in [-0.39, 0.29) is 48.6 Å². The molecule has 1 aliphatic rings. The molecule has 0 aromatic carbocycles. The third-order valence-corrected chi connectivity index (χ3v) is 8.89. The van der Waals surface area contributed by atoms with Gasteiger partial charge in [-0.05, 0) is 24.7 Å². The summed E-state index contributed by atoms with van der Waals surface area (Å²) in [6, 6.07) is -1.02. The molecule has 2 aromatic heterocycles. The third kappa shape index (κ3) is 11.0. The zero-order valence-corrected chi connectivity index (χ0v) is 27.7. The summed E-state index contributed by atoms with van der Waals surface area (Å²) in [6.07, 6.45) is -0.150. The fourth-order valence-electron chi connectivity index (χ4n) is 5.14. The van der Waals surface area contributed by atoms with Gasteiger partial charge in [0.15, 0.2) is 6.10 Å². The van der Waals surface area contributed by atoms with Crippen molar-refractivity contribution >= 4 is 35.1 Å². The van der Waals surface area contributed by atoms with Crippen LogP contribution in [0.2, 0.25) is 0 Å². The largest absolute Gasteiger partial charge is 0.469 e. The SMILES string of the molecule is COC(=O)[C@@H](C)C[C@H](Cc1ncc(C(F)(F)F)cn1)NC(=O)c1csc([C@@H](CC(C(C)C)N(C)C(=O)CCC2CC2)OC(C)=O)n1. The molecule has 1 saturated carbocycles. The van der Waals surface area contributed by atoms with E-state index in [9.17, 15) is 32.3 Å². The summed E-state index contributed by atoms with van der Waals surface area (Å²) in [6.45, 7) is 6.84. The van der Waals surface area contributed by atoms with Gasteiger partial charge < -0.3 is 19.7 Å². The van der Waals surface area contributed by atoms with Crippen molar-refractivity contribution in [3.63, 3.8) is 0 Å². The molecule has 15 heteroatoms. The van der Waals surface area contributed by atoms with E-state index in [1.54, 1.807) is 18.9 Å². The highest BCUT2D eigenvalue weighted by Gasteiger charge is 2.33. The fraction of sp³-hybridized carbons (Fsp3) is 0.645. The van der Waals surface area contributed by atoms with Gasteiger partial charge in [0, 0.05) is 63.1 Å². The molecule has 2 amide bonds. The zero-order chi connectivity index (χ0) is 34.2. The Balaban J connectivity index is 1.77. The van der Waals surface area contributed by atoms with E-state index in [1.165, 1.54) is 19.4 Å². The predicted molar refractivity (Wildman–Crippen MR) is 162 cm³/mol. The second-order valence-corrected chi connectivity index (χ2v) is 13.0. The maximum atomic E-state index is 13.3. The first-order valence-electron chi connectivity index (χ1n) is 15.2. The molecule has 46 heavy (non-hydrogen) atoms. The average Bonchev–Trinajstić information content (AvgIpc) is 3.69. The first kappa shape index (κ1) is 36.8. The summed E-state index contributed by atoms with van der Waals surface area (Å²) >= 11 is 1.12. The molecule has 0 saturated heterocycles. The number of carbonyl (C=O) groups is 4. The van der Waals surface area contributed by atoms with E-state index >= 15 is 0 Å². The van der Waals surface area contributed by atoms with Gasteiger partial charge in [-0.1, -0.05) is 33.6 Å². The molecular formula is C31H42F3N5O6S. The molecule has 0 bridgehead atoms. The molecule has 0 spiro atoms. The van der Waals surface area contributed by atoms with Crippen LogP contribution in [-0.2, 0) is 36.5 Å². The first-order valence-corrected chi connectivity index (χ1v) is 16.1. The summed E-state index contributed by atoms with van der Waals surface area (Å²) in [5, 5.41) is 4.66. The van der Waals surface area contributed by atoms with Crippen molar-refractivity contribution in [3.05, 3.63) is 39.9 Å². The van der Waals surface area contributed by atoms with Crippen molar-refractivity contribution in [1.29, 1.82) is 0 Å². The van der Waals surface area contributed by atoms with Gasteiger partial charge in [0.2, 0.25) is 5.91 Å². The first-order chi connectivity index (χ1) is 21.6. The van der Waals surface area contributed by atoms with Crippen LogP contribution >= 0.6 is 11.3 Å². The molecule has 4 atom stereocenters. The van der Waals surface area contributed by atoms with Crippen LogP contribution in [0.15, 0.2) is 17.8 Å². The van der Waals surface area contributed by atoms with Gasteiger partial charge in [-0.2, -0.15) is 13.2 Å². The van der Waals surface area contributed by atoms with Gasteiger partial charge in [-0.3, -0.25) is 19.2 Å². The topological polar surface area (TPSA) is 141 Å². The van der Waals surface area contributed by atoms with E-state index in [1.807, 2.05) is 13.8 Å². The van der Waals surface area contributed by atoms with Crippen molar-refractivity contribution < 1.29 is 41.8 Å². The molecule has 1 fully saturated rings. The summed E-state index contributed by atoms with van der Waals surface area (Å²) in [4.78, 5) is 64.2. The summed E-state index contributed by atoms with van der Waals surface area (Å²) in [5.41, 5.74) is -0.984. The maximum Gasteiger partial charge on any atom is 0.419 e. The number of ether oxygens (including phenoxy) is 2. The van der Waals surface area contributed by atoms with Gasteiger partial charge in [0.25, 0.3) is 5.91 Å². The number of nitrogens with one attached hydrogen (secondary N) is 1. The minimum atomic E-state index is -4.60. The number of thiazole rings is 1. The fourth-order valence-corrected chi connectivity index (χ4v) is 5.97. The summed E-state index contributed by atoms with van der Waals surface area (Å²) < 4.78 is 49.3. The number of amides is 2. The highest BCUT2D eigenvalue weighted by molar-refractivity contribution is 7.09. The molecule has 1 aliphatic carbocycles. The molecular weight excluding hydrogens is 627 g/mol. The van der Waals surface area contributed by atoms with Gasteiger partial charge in [-0.25, -0.2) is 15.0 Å². The highest BCUT2D eigenvalue weighted by Crippen LogP contribution is 2.35. The van der Waals surface area contributed by atoms with Crippen LogP contribution in [0.4, 0.5) is 13.2 Å². The van der Waals surface area contributed by atoms with E-state index in [2.05, 4.69) is 20.3 Å². The molecule has 3 rings (SSSR count). The van der Waals surface area contributed by atoms with E-state index < -0.39 is 47.6 Å². The van der Waals surface area contributed by atoms with E-state index in [0.29, 0.717) is 29.7 Å². The molecule has 1 unspecified atom stereocenters. The Morgan fingerprint density at radius 1 is 1.11 bits per heavy atom. The average molecular weight is 670 g/mol. The van der Waals surface area contributed by atoms with Crippen LogP contribution in [-0.4, -0.2) is 69.8 Å². The lowest BCUT2D eigenvalue weighted by molar-refractivity contribution is -0.148. The van der Waals surface area contributed by atoms with Crippen molar-refractivity contribution in [2.45, 2.75) is 97.0 Å². The lowest BCUT2D eigenvalue weighted by Crippen LogP contribution is -2.41. The Bertz CT molecular complexity index is 1350. The molecule has 11 nitrogen and oxygen atoms in total. The number of methoxy groups -OCH3 is 1. The monoisotopic (exact) mass is 669 g/mol. The number of nitrogens with zero attached hydrogens (tertiary/aromatic N) is 4. The maximum absolute atomic E-state index is 13.3. The molecule has 2 aromatic rings. The van der Waals surface area contributed by atoms with Crippen LogP contribution < -0.4 is 5.32 Å². The summed E-state index contributed by atoms with van der Waals surface area (Å²) in [5.74, 6) is -1.59. The number of halogens is 3. The third-order valence-electron chi connectivity index (χ3n) is 7.96. The summed E-state index contributed by atoms with van der Waals surface area (Å²) in [7, 11) is 2.98. The van der Waals surface area contributed by atoms with Crippen molar-refractivity contribution in [3.8, 4) is 0 Å². The van der Waals surface area contributed by atoms with Gasteiger partial charge in [0.05, 0.1) is 18.6 Å². The Kier molecular flexibility index (Phi) is 13.0. The highest BCUT2D eigenvalue weighted by atomic mass is 32.1. The van der Waals surface area contributed by atoms with Crippen LogP contribution in [0.5, 0.6) is 0 Å². The molecule has 0 aliphatic heterocycles. The Hall–Kier alpha value is -3.62. The van der Waals surface area contributed by atoms with Gasteiger partial charge >= 0.3 is 18.1 Å². The van der Waals surface area contributed by atoms with Crippen molar-refractivity contribution in [1.82, 2.24) is 25.2 Å². The Morgan fingerprint density at radius 2 is 1.76 bits per heavy atom. The smallest absolute Gasteiger partial charge is 0.419 e. The predicted octanol–water partition coefficient (Wildman–Crippen LogP) is 5.16. The number of hydrogen-bond donors (Lipinski definition) is 1. The lowest BCUT2D eigenvalue weighted by atomic mass is 9.96. The van der Waals surface area contributed by atoms with Crippen molar-refractivity contribution in [2.75, 3.05) is 14.2 Å². The number of alkyl halides is 3. The normalized spacial score (nSPS) is 15.9. The zero-order valence-electron chi connectivity index (χ0n) is 26.9. The van der Waals surface area contributed by atoms with E-state index in [4.69, 9.17) is 9.47 Å². The quantitative estimate of drug-likeness (QED) is 0.240.